The maximum absolute atomic E-state index is 13.6. The molecule has 11 heteroatoms. The van der Waals surface area contributed by atoms with Gasteiger partial charge >= 0.3 is 0 Å². The molecule has 3 N–H and O–H groups in total. The number of nitrogens with one attached hydrogen (secondary N) is 2. The molecule has 2 amide bonds. The molecule has 0 unspecified atom stereocenters. The number of carbonyl (C=O) groups is 2. The predicted molar refractivity (Wildman–Crippen MR) is 150 cm³/mol. The number of furan rings is 1. The van der Waals surface area contributed by atoms with Gasteiger partial charge < -0.3 is 29.4 Å². The van der Waals surface area contributed by atoms with Crippen molar-refractivity contribution >= 4 is 22.8 Å². The van der Waals surface area contributed by atoms with Crippen molar-refractivity contribution in [3.63, 3.8) is 0 Å². The minimum atomic E-state index is -0.926. The lowest BCUT2D eigenvalue weighted by Gasteiger charge is -2.43. The number of fused-ring (bicyclic) bond motifs is 1. The largest absolute Gasteiger partial charge is 0.493 e. The second-order valence-corrected chi connectivity index (χ2v) is 10.1. The summed E-state index contributed by atoms with van der Waals surface area (Å²) >= 11 is 0. The quantitative estimate of drug-likeness (QED) is 0.241. The first-order chi connectivity index (χ1) is 20.3. The molecule has 1 saturated carbocycles. The van der Waals surface area contributed by atoms with Crippen molar-refractivity contribution in [1.29, 1.82) is 0 Å². The molecule has 2 heterocycles. The molecule has 1 aliphatic rings. The molecule has 0 radical (unpaired) electrons. The van der Waals surface area contributed by atoms with Gasteiger partial charge in [0.1, 0.15) is 28.4 Å². The molecule has 2 aromatic heterocycles. The smallest absolute Gasteiger partial charge is 0.255 e. The Labute approximate surface area is 239 Å². The number of aromatic nitrogens is 2. The molecule has 6 rings (SSSR count). The summed E-state index contributed by atoms with van der Waals surface area (Å²) in [5, 5.41) is 20.0. The number of amides is 2. The van der Waals surface area contributed by atoms with Crippen molar-refractivity contribution < 1.29 is 32.8 Å². The molecular weight excluding hydrogens is 543 g/mol. The first-order valence-electron chi connectivity index (χ1n) is 13.4. The Morgan fingerprint density at radius 3 is 2.55 bits per heavy atom. The molecular formula is C31H27FN4O6. The van der Waals surface area contributed by atoms with Crippen LogP contribution in [-0.2, 0) is 5.54 Å². The fraction of sp³-hybridized carbons (Fsp3) is 0.226. The summed E-state index contributed by atoms with van der Waals surface area (Å²) in [6.07, 6.45) is 1.13. The van der Waals surface area contributed by atoms with E-state index in [2.05, 4.69) is 20.8 Å². The number of halogens is 1. The Hall–Kier alpha value is -5.03. The maximum atomic E-state index is 13.6. The molecule has 5 aromatic rings. The number of aliphatic hydroxyl groups excluding tert-OH is 1. The Morgan fingerprint density at radius 1 is 1.10 bits per heavy atom. The van der Waals surface area contributed by atoms with Crippen LogP contribution in [0, 0.1) is 5.82 Å². The van der Waals surface area contributed by atoms with Gasteiger partial charge in [0.15, 0.2) is 5.82 Å². The van der Waals surface area contributed by atoms with Crippen LogP contribution in [0.1, 0.15) is 46.3 Å². The second kappa shape index (κ2) is 10.7. The highest BCUT2D eigenvalue weighted by Crippen LogP contribution is 2.42. The van der Waals surface area contributed by atoms with Gasteiger partial charge in [-0.3, -0.25) is 9.59 Å². The van der Waals surface area contributed by atoms with Gasteiger partial charge in [0.05, 0.1) is 18.3 Å². The maximum Gasteiger partial charge on any atom is 0.255 e. The fourth-order valence-electron chi connectivity index (χ4n) is 5.36. The zero-order valence-corrected chi connectivity index (χ0v) is 22.8. The Kier molecular flexibility index (Phi) is 6.95. The molecule has 1 aliphatic carbocycles. The number of hydrogen-bond acceptors (Lipinski definition) is 8. The van der Waals surface area contributed by atoms with Gasteiger partial charge in [-0.25, -0.2) is 4.39 Å². The van der Waals surface area contributed by atoms with Crippen molar-refractivity contribution in [2.24, 2.45) is 0 Å². The molecule has 214 valence electrons. The van der Waals surface area contributed by atoms with Gasteiger partial charge in [0.2, 0.25) is 6.39 Å². The molecule has 0 aliphatic heterocycles. The summed E-state index contributed by atoms with van der Waals surface area (Å²) in [6.45, 7) is 2.21. The topological polar surface area (TPSA) is 140 Å². The molecule has 1 fully saturated rings. The van der Waals surface area contributed by atoms with Crippen LogP contribution in [0.25, 0.3) is 33.4 Å². The first kappa shape index (κ1) is 27.2. The van der Waals surface area contributed by atoms with Crippen LogP contribution in [0.5, 0.6) is 5.75 Å². The van der Waals surface area contributed by atoms with Crippen molar-refractivity contribution in [3.05, 3.63) is 89.8 Å². The van der Waals surface area contributed by atoms with Crippen LogP contribution in [0.2, 0.25) is 0 Å². The number of benzene rings is 3. The summed E-state index contributed by atoms with van der Waals surface area (Å²) < 4.78 is 30.6. The van der Waals surface area contributed by atoms with Crippen LogP contribution < -0.4 is 15.4 Å². The Bertz CT molecular complexity index is 1780. The minimum Gasteiger partial charge on any atom is -0.493 e. The van der Waals surface area contributed by atoms with Crippen molar-refractivity contribution in [2.45, 2.75) is 31.4 Å². The van der Waals surface area contributed by atoms with E-state index >= 15 is 0 Å². The van der Waals surface area contributed by atoms with E-state index in [1.165, 1.54) is 25.6 Å². The van der Waals surface area contributed by atoms with Gasteiger partial charge in [-0.2, -0.15) is 4.98 Å². The van der Waals surface area contributed by atoms with Gasteiger partial charge in [-0.1, -0.05) is 17.3 Å². The van der Waals surface area contributed by atoms with E-state index in [1.54, 1.807) is 42.5 Å². The molecule has 0 bridgehead atoms. The summed E-state index contributed by atoms with van der Waals surface area (Å²) in [5.41, 5.74) is 2.00. The normalized spacial score (nSPS) is 18.0. The Morgan fingerprint density at radius 2 is 1.88 bits per heavy atom. The third kappa shape index (κ3) is 4.77. The minimum absolute atomic E-state index is 0.266. The molecule has 0 atom stereocenters. The van der Waals surface area contributed by atoms with E-state index in [4.69, 9.17) is 13.7 Å². The zero-order chi connectivity index (χ0) is 29.4. The van der Waals surface area contributed by atoms with Crippen LogP contribution in [0.3, 0.4) is 0 Å². The SMILES string of the molecule is CCOc1cc2oc(-c3ccc(F)cc3)c(C(=O)NC)c2cc1-c1cccc(C(=O)NC2(c3ncon3)CC(O)C2)c1. The number of hydrogen-bond donors (Lipinski definition) is 3. The van der Waals surface area contributed by atoms with E-state index in [-0.39, 0.29) is 24.7 Å². The monoisotopic (exact) mass is 570 g/mol. The van der Waals surface area contributed by atoms with E-state index in [1.807, 2.05) is 13.0 Å². The number of rotatable bonds is 8. The molecule has 0 spiro atoms. The van der Waals surface area contributed by atoms with Crippen LogP contribution in [0.4, 0.5) is 4.39 Å². The lowest BCUT2D eigenvalue weighted by Crippen LogP contribution is -2.57. The predicted octanol–water partition coefficient (Wildman–Crippen LogP) is 4.83. The first-order valence-corrected chi connectivity index (χ1v) is 13.4. The van der Waals surface area contributed by atoms with Crippen molar-refractivity contribution in [2.75, 3.05) is 13.7 Å². The standard InChI is InChI=1S/C31H27FN4O6/c1-3-40-24-13-25-23(26(29(39)33-2)27(42-25)17-7-9-20(32)10-8-17)12-22(24)18-5-4-6-19(11-18)28(38)35-31(14-21(37)15-31)30-34-16-41-36-30/h4-13,16,21,37H,3,14-15H2,1-2H3,(H,33,39)(H,35,38). The summed E-state index contributed by atoms with van der Waals surface area (Å²) in [5.74, 6) is -0.0495. The van der Waals surface area contributed by atoms with E-state index in [0.29, 0.717) is 62.7 Å². The highest BCUT2D eigenvalue weighted by molar-refractivity contribution is 6.12. The van der Waals surface area contributed by atoms with Crippen LogP contribution in [-0.4, -0.2) is 46.8 Å². The summed E-state index contributed by atoms with van der Waals surface area (Å²) in [6, 6.07) is 16.2. The summed E-state index contributed by atoms with van der Waals surface area (Å²) in [4.78, 5) is 30.6. The van der Waals surface area contributed by atoms with Crippen molar-refractivity contribution in [1.82, 2.24) is 20.8 Å². The van der Waals surface area contributed by atoms with E-state index in [9.17, 15) is 19.1 Å². The van der Waals surface area contributed by atoms with Gasteiger partial charge in [-0.15, -0.1) is 0 Å². The Balaban J connectivity index is 1.43. The van der Waals surface area contributed by atoms with Crippen LogP contribution in [0.15, 0.2) is 76.0 Å². The highest BCUT2D eigenvalue weighted by Gasteiger charge is 2.49. The summed E-state index contributed by atoms with van der Waals surface area (Å²) in [7, 11) is 1.52. The number of nitrogens with zero attached hydrogens (tertiary/aromatic N) is 2. The molecule has 3 aromatic carbocycles. The zero-order valence-electron chi connectivity index (χ0n) is 22.8. The lowest BCUT2D eigenvalue weighted by atomic mass is 9.73. The number of aliphatic hydroxyl groups is 1. The van der Waals surface area contributed by atoms with E-state index < -0.39 is 17.5 Å². The number of ether oxygens (including phenoxy) is 1. The molecule has 10 nitrogen and oxygen atoms in total. The third-order valence-corrected chi connectivity index (χ3v) is 7.40. The highest BCUT2D eigenvalue weighted by atomic mass is 19.1. The van der Waals surface area contributed by atoms with Gasteiger partial charge in [0, 0.05) is 48.0 Å². The number of carbonyl (C=O) groups excluding carboxylic acids is 2. The average molecular weight is 571 g/mol. The second-order valence-electron chi connectivity index (χ2n) is 10.1. The van der Waals surface area contributed by atoms with Gasteiger partial charge in [0.25, 0.3) is 11.8 Å². The van der Waals surface area contributed by atoms with Crippen molar-refractivity contribution in [3.8, 4) is 28.2 Å². The van der Waals surface area contributed by atoms with Gasteiger partial charge in [-0.05, 0) is 55.0 Å². The molecule has 0 saturated heterocycles. The molecule has 42 heavy (non-hydrogen) atoms. The fourth-order valence-corrected chi connectivity index (χ4v) is 5.36. The van der Waals surface area contributed by atoms with Crippen LogP contribution >= 0.6 is 0 Å². The average Bonchev–Trinajstić information content (AvgIpc) is 3.65. The van der Waals surface area contributed by atoms with E-state index in [0.717, 1.165) is 0 Å². The third-order valence-electron chi connectivity index (χ3n) is 7.40. The lowest BCUT2D eigenvalue weighted by molar-refractivity contribution is -0.00436.